The Labute approximate surface area is 87.7 Å². The Balaban J connectivity index is 2.04. The standard InChI is InChI=1S/C10H11ClN2O/c1-7-12-10(13-14-7)6-8-2-4-9(11)5-3-8/h2-5,7H,6H2,1H3,(H,12,13). The Kier molecular flexibility index (Phi) is 2.70. The molecule has 0 aromatic heterocycles. The van der Waals surface area contributed by atoms with Gasteiger partial charge in [-0.1, -0.05) is 23.7 Å². The van der Waals surface area contributed by atoms with E-state index < -0.39 is 0 Å². The minimum absolute atomic E-state index is 0.0858. The minimum Gasteiger partial charge on any atom is -0.250 e. The first-order valence-electron chi connectivity index (χ1n) is 4.47. The molecule has 2 rings (SSSR count). The molecule has 74 valence electrons. The van der Waals surface area contributed by atoms with E-state index in [-0.39, 0.29) is 6.23 Å². The average molecular weight is 211 g/mol. The summed E-state index contributed by atoms with van der Waals surface area (Å²) in [5, 5.41) is 0.750. The maximum Gasteiger partial charge on any atom is 0.174 e. The summed E-state index contributed by atoms with van der Waals surface area (Å²) in [6.45, 7) is 1.89. The highest BCUT2D eigenvalue weighted by atomic mass is 35.5. The molecule has 0 bridgehead atoms. The van der Waals surface area contributed by atoms with Gasteiger partial charge in [-0.05, 0) is 24.6 Å². The molecule has 14 heavy (non-hydrogen) atoms. The van der Waals surface area contributed by atoms with Crippen LogP contribution in [0.1, 0.15) is 12.5 Å². The Morgan fingerprint density at radius 3 is 2.71 bits per heavy atom. The lowest BCUT2D eigenvalue weighted by Crippen LogP contribution is -2.19. The van der Waals surface area contributed by atoms with Gasteiger partial charge in [-0.15, -0.1) is 0 Å². The predicted molar refractivity (Wildman–Crippen MR) is 56.3 cm³/mol. The van der Waals surface area contributed by atoms with Crippen molar-refractivity contribution in [3.8, 4) is 0 Å². The molecule has 0 spiro atoms. The Bertz CT molecular complexity index is 348. The van der Waals surface area contributed by atoms with Crippen LogP contribution in [0.25, 0.3) is 0 Å². The second-order valence-electron chi connectivity index (χ2n) is 3.20. The highest BCUT2D eigenvalue weighted by Gasteiger charge is 2.12. The smallest absolute Gasteiger partial charge is 0.174 e. The van der Waals surface area contributed by atoms with E-state index in [1.165, 1.54) is 5.56 Å². The molecule has 1 unspecified atom stereocenters. The van der Waals surface area contributed by atoms with E-state index in [1.54, 1.807) is 0 Å². The van der Waals surface area contributed by atoms with E-state index in [4.69, 9.17) is 16.4 Å². The fourth-order valence-corrected chi connectivity index (χ4v) is 1.43. The zero-order chi connectivity index (χ0) is 9.97. The maximum atomic E-state index is 5.78. The largest absolute Gasteiger partial charge is 0.250 e. The van der Waals surface area contributed by atoms with Crippen LogP contribution in [-0.4, -0.2) is 12.1 Å². The average Bonchev–Trinajstić information content (AvgIpc) is 2.56. The van der Waals surface area contributed by atoms with Crippen molar-refractivity contribution in [1.82, 2.24) is 5.48 Å². The third-order valence-electron chi connectivity index (χ3n) is 1.97. The van der Waals surface area contributed by atoms with Crippen LogP contribution >= 0.6 is 11.6 Å². The zero-order valence-corrected chi connectivity index (χ0v) is 8.58. The van der Waals surface area contributed by atoms with Gasteiger partial charge in [0.05, 0.1) is 0 Å². The number of halogens is 1. The third kappa shape index (κ3) is 2.25. The van der Waals surface area contributed by atoms with E-state index in [2.05, 4.69) is 10.5 Å². The van der Waals surface area contributed by atoms with Crippen LogP contribution in [0.5, 0.6) is 0 Å². The molecule has 1 aliphatic rings. The third-order valence-corrected chi connectivity index (χ3v) is 2.22. The molecule has 1 aliphatic heterocycles. The summed E-state index contributed by atoms with van der Waals surface area (Å²) in [6.07, 6.45) is 0.666. The van der Waals surface area contributed by atoms with Crippen LogP contribution in [0.4, 0.5) is 0 Å². The molecular formula is C10H11ClN2O. The normalized spacial score (nSPS) is 20.4. The second-order valence-corrected chi connectivity index (χ2v) is 3.63. The molecule has 4 heteroatoms. The monoisotopic (exact) mass is 210 g/mol. The van der Waals surface area contributed by atoms with E-state index >= 15 is 0 Å². The van der Waals surface area contributed by atoms with Crippen molar-refractivity contribution in [3.05, 3.63) is 34.9 Å². The molecule has 1 atom stereocenters. The molecule has 0 radical (unpaired) electrons. The lowest BCUT2D eigenvalue weighted by Gasteiger charge is -2.01. The first-order chi connectivity index (χ1) is 6.74. The topological polar surface area (TPSA) is 33.6 Å². The van der Waals surface area contributed by atoms with Gasteiger partial charge in [0.15, 0.2) is 6.23 Å². The number of nitrogens with one attached hydrogen (secondary N) is 1. The van der Waals surface area contributed by atoms with E-state index in [0.29, 0.717) is 0 Å². The van der Waals surface area contributed by atoms with Crippen molar-refractivity contribution >= 4 is 17.4 Å². The van der Waals surface area contributed by atoms with E-state index in [0.717, 1.165) is 17.3 Å². The molecule has 0 saturated heterocycles. The van der Waals surface area contributed by atoms with Gasteiger partial charge in [0.25, 0.3) is 0 Å². The summed E-state index contributed by atoms with van der Waals surface area (Å²) < 4.78 is 0. The molecule has 0 aliphatic carbocycles. The number of amidine groups is 1. The number of benzene rings is 1. The summed E-state index contributed by atoms with van der Waals surface area (Å²) in [7, 11) is 0. The van der Waals surface area contributed by atoms with Crippen molar-refractivity contribution in [1.29, 1.82) is 0 Å². The maximum absolute atomic E-state index is 5.78. The summed E-state index contributed by atoms with van der Waals surface area (Å²) >= 11 is 5.78. The number of hydroxylamine groups is 1. The predicted octanol–water partition coefficient (Wildman–Crippen LogP) is 2.16. The van der Waals surface area contributed by atoms with E-state index in [9.17, 15) is 0 Å². The fourth-order valence-electron chi connectivity index (χ4n) is 1.30. The van der Waals surface area contributed by atoms with Crippen molar-refractivity contribution in [3.63, 3.8) is 0 Å². The van der Waals surface area contributed by atoms with Crippen LogP contribution in [0, 0.1) is 0 Å². The minimum atomic E-state index is -0.0858. The summed E-state index contributed by atoms with van der Waals surface area (Å²) in [5.74, 6) is 0.861. The van der Waals surface area contributed by atoms with E-state index in [1.807, 2.05) is 31.2 Å². The Morgan fingerprint density at radius 2 is 2.14 bits per heavy atom. The van der Waals surface area contributed by atoms with Gasteiger partial charge in [-0.2, -0.15) is 0 Å². The van der Waals surface area contributed by atoms with Crippen LogP contribution in [0.3, 0.4) is 0 Å². The van der Waals surface area contributed by atoms with Crippen molar-refractivity contribution in [2.75, 3.05) is 0 Å². The molecule has 1 heterocycles. The second kappa shape index (κ2) is 3.98. The number of nitrogens with zero attached hydrogens (tertiary/aromatic N) is 1. The lowest BCUT2D eigenvalue weighted by molar-refractivity contribution is 0.0498. The van der Waals surface area contributed by atoms with Crippen molar-refractivity contribution in [2.24, 2.45) is 4.99 Å². The molecule has 1 aromatic carbocycles. The first-order valence-corrected chi connectivity index (χ1v) is 4.84. The molecular weight excluding hydrogens is 200 g/mol. The summed E-state index contributed by atoms with van der Waals surface area (Å²) in [4.78, 5) is 9.34. The fraction of sp³-hybridized carbons (Fsp3) is 0.300. The quantitative estimate of drug-likeness (QED) is 0.812. The lowest BCUT2D eigenvalue weighted by atomic mass is 10.1. The Morgan fingerprint density at radius 1 is 1.43 bits per heavy atom. The number of rotatable bonds is 2. The van der Waals surface area contributed by atoms with Crippen LogP contribution in [0.2, 0.25) is 5.02 Å². The van der Waals surface area contributed by atoms with Crippen LogP contribution < -0.4 is 5.48 Å². The van der Waals surface area contributed by atoms with Crippen molar-refractivity contribution < 1.29 is 4.84 Å². The highest BCUT2D eigenvalue weighted by molar-refractivity contribution is 6.30. The first kappa shape index (κ1) is 9.49. The number of aliphatic imine (C=N–C) groups is 1. The number of hydrogen-bond acceptors (Lipinski definition) is 3. The molecule has 3 nitrogen and oxygen atoms in total. The van der Waals surface area contributed by atoms with Gasteiger partial charge in [-0.3, -0.25) is 5.48 Å². The molecule has 0 amide bonds. The van der Waals surface area contributed by atoms with Crippen molar-refractivity contribution in [2.45, 2.75) is 19.6 Å². The van der Waals surface area contributed by atoms with Crippen LogP contribution in [-0.2, 0) is 11.3 Å². The van der Waals surface area contributed by atoms with Gasteiger partial charge in [-0.25, -0.2) is 9.83 Å². The SMILES string of the molecule is CC1N=C(Cc2ccc(Cl)cc2)NO1. The van der Waals surface area contributed by atoms with Gasteiger partial charge in [0, 0.05) is 11.4 Å². The molecule has 0 saturated carbocycles. The molecule has 1 aromatic rings. The number of hydrogen-bond donors (Lipinski definition) is 1. The van der Waals surface area contributed by atoms with Gasteiger partial charge < -0.3 is 0 Å². The van der Waals surface area contributed by atoms with Gasteiger partial charge >= 0.3 is 0 Å². The molecule has 1 N–H and O–H groups in total. The summed E-state index contributed by atoms with van der Waals surface area (Å²) in [5.41, 5.74) is 3.95. The van der Waals surface area contributed by atoms with Crippen LogP contribution in [0.15, 0.2) is 29.3 Å². The summed E-state index contributed by atoms with van der Waals surface area (Å²) in [6, 6.07) is 7.71. The zero-order valence-electron chi connectivity index (χ0n) is 7.83. The highest BCUT2D eigenvalue weighted by Crippen LogP contribution is 2.11. The Hall–Kier alpha value is -1.06. The van der Waals surface area contributed by atoms with Gasteiger partial charge in [0.1, 0.15) is 5.84 Å². The van der Waals surface area contributed by atoms with Gasteiger partial charge in [0.2, 0.25) is 0 Å². The molecule has 0 fully saturated rings.